The van der Waals surface area contributed by atoms with Gasteiger partial charge in [0, 0.05) is 23.1 Å². The third kappa shape index (κ3) is 3.25. The molecule has 0 aromatic heterocycles. The maximum Gasteiger partial charge on any atom is 0.255 e. The molecule has 1 aliphatic rings. The van der Waals surface area contributed by atoms with Gasteiger partial charge in [0.05, 0.1) is 5.69 Å². The molecule has 0 heterocycles. The molecule has 1 aliphatic carbocycles. The summed E-state index contributed by atoms with van der Waals surface area (Å²) in [5.41, 5.74) is 5.06. The van der Waals surface area contributed by atoms with E-state index in [2.05, 4.69) is 5.32 Å². The number of benzene rings is 3. The molecule has 0 saturated carbocycles. The number of carbonyl (C=O) groups is 3. The summed E-state index contributed by atoms with van der Waals surface area (Å²) in [6.07, 6.45) is 1.05. The minimum absolute atomic E-state index is 0.00122. The number of nitrogens with one attached hydrogen (secondary N) is 1. The van der Waals surface area contributed by atoms with Crippen molar-refractivity contribution in [2.24, 2.45) is 0 Å². The van der Waals surface area contributed by atoms with Gasteiger partial charge in [0.1, 0.15) is 0 Å². The second-order valence-corrected chi connectivity index (χ2v) is 6.89. The van der Waals surface area contributed by atoms with E-state index in [-0.39, 0.29) is 17.5 Å². The third-order valence-electron chi connectivity index (χ3n) is 5.06. The van der Waals surface area contributed by atoms with Gasteiger partial charge in [0.2, 0.25) is 0 Å². The zero-order valence-corrected chi connectivity index (χ0v) is 15.5. The molecule has 3 aromatic rings. The lowest BCUT2D eigenvalue weighted by Gasteiger charge is -2.14. The van der Waals surface area contributed by atoms with E-state index in [4.69, 9.17) is 0 Å². The number of fused-ring (bicyclic) bond motifs is 1. The lowest BCUT2D eigenvalue weighted by molar-refractivity contribution is 0.0992. The van der Waals surface area contributed by atoms with Crippen LogP contribution in [0.4, 0.5) is 5.69 Å². The molecule has 0 radical (unpaired) electrons. The molecular formula is C24H19NO3. The standard InChI is InChI=1S/C24H19NO3/c1-15(26)17-8-5-9-18(14-17)19-10-12-21(23-20(19)11-13-22(23)27)25-24(28)16-6-3-2-4-7-16/h2-10,12,14H,11,13H2,1H3,(H,25,28). The van der Waals surface area contributed by atoms with Gasteiger partial charge in [-0.1, -0.05) is 42.5 Å². The van der Waals surface area contributed by atoms with Gasteiger partial charge in [-0.15, -0.1) is 0 Å². The summed E-state index contributed by atoms with van der Waals surface area (Å²) >= 11 is 0. The lowest BCUT2D eigenvalue weighted by Crippen LogP contribution is -2.14. The smallest absolute Gasteiger partial charge is 0.255 e. The first-order valence-corrected chi connectivity index (χ1v) is 9.21. The molecule has 1 N–H and O–H groups in total. The van der Waals surface area contributed by atoms with E-state index in [1.54, 1.807) is 36.4 Å². The minimum atomic E-state index is -0.242. The fourth-order valence-electron chi connectivity index (χ4n) is 3.65. The van der Waals surface area contributed by atoms with Crippen LogP contribution in [0.2, 0.25) is 0 Å². The Bertz CT molecular complexity index is 1100. The highest BCUT2D eigenvalue weighted by Crippen LogP contribution is 2.37. The molecule has 0 unspecified atom stereocenters. The van der Waals surface area contributed by atoms with Gasteiger partial charge < -0.3 is 5.32 Å². The molecule has 0 bridgehead atoms. The molecule has 4 nitrogen and oxygen atoms in total. The molecule has 4 heteroatoms. The van der Waals surface area contributed by atoms with E-state index in [1.807, 2.05) is 30.3 Å². The zero-order chi connectivity index (χ0) is 19.7. The molecule has 3 aromatic carbocycles. The maximum atomic E-state index is 12.6. The number of ketones is 2. The number of amides is 1. The number of carbonyl (C=O) groups excluding carboxylic acids is 3. The number of Topliss-reactive ketones (excluding diaryl/α,β-unsaturated/α-hetero) is 2. The lowest BCUT2D eigenvalue weighted by atomic mass is 9.94. The fraction of sp³-hybridized carbons (Fsp3) is 0.125. The van der Waals surface area contributed by atoms with Crippen LogP contribution in [-0.4, -0.2) is 17.5 Å². The third-order valence-corrected chi connectivity index (χ3v) is 5.06. The van der Waals surface area contributed by atoms with Gasteiger partial charge in [-0.3, -0.25) is 14.4 Å². The average molecular weight is 369 g/mol. The minimum Gasteiger partial charge on any atom is -0.321 e. The Labute approximate surface area is 163 Å². The summed E-state index contributed by atoms with van der Waals surface area (Å²) in [6, 6.07) is 20.0. The van der Waals surface area contributed by atoms with Crippen molar-refractivity contribution in [3.63, 3.8) is 0 Å². The Balaban J connectivity index is 1.75. The summed E-state index contributed by atoms with van der Waals surface area (Å²) < 4.78 is 0. The Kier molecular flexibility index (Phi) is 4.62. The second kappa shape index (κ2) is 7.24. The SMILES string of the molecule is CC(=O)c1cccc(-c2ccc(NC(=O)c3ccccc3)c3c2CCC3=O)c1. The summed E-state index contributed by atoms with van der Waals surface area (Å²) in [5.74, 6) is -0.210. The van der Waals surface area contributed by atoms with Gasteiger partial charge in [-0.05, 0) is 54.3 Å². The van der Waals surface area contributed by atoms with Crippen LogP contribution in [0.15, 0.2) is 66.7 Å². The van der Waals surface area contributed by atoms with Gasteiger partial charge in [0.15, 0.2) is 11.6 Å². The number of anilines is 1. The van der Waals surface area contributed by atoms with Crippen molar-refractivity contribution in [3.8, 4) is 11.1 Å². The maximum absolute atomic E-state index is 12.6. The number of hydrogen-bond donors (Lipinski definition) is 1. The molecular weight excluding hydrogens is 350 g/mol. The Morgan fingerprint density at radius 2 is 1.61 bits per heavy atom. The van der Waals surface area contributed by atoms with Crippen molar-refractivity contribution in [1.82, 2.24) is 0 Å². The van der Waals surface area contributed by atoms with Crippen molar-refractivity contribution in [2.45, 2.75) is 19.8 Å². The van der Waals surface area contributed by atoms with Crippen molar-refractivity contribution < 1.29 is 14.4 Å². The fourth-order valence-corrected chi connectivity index (χ4v) is 3.65. The average Bonchev–Trinajstić information content (AvgIpc) is 3.11. The molecule has 0 fully saturated rings. The first-order valence-electron chi connectivity index (χ1n) is 9.21. The van der Waals surface area contributed by atoms with E-state index in [0.29, 0.717) is 35.2 Å². The normalized spacial score (nSPS) is 12.5. The largest absolute Gasteiger partial charge is 0.321 e. The first-order chi connectivity index (χ1) is 13.5. The van der Waals surface area contributed by atoms with Gasteiger partial charge in [0.25, 0.3) is 5.91 Å². The van der Waals surface area contributed by atoms with E-state index in [9.17, 15) is 14.4 Å². The van der Waals surface area contributed by atoms with E-state index in [1.165, 1.54) is 6.92 Å². The van der Waals surface area contributed by atoms with Crippen molar-refractivity contribution in [1.29, 1.82) is 0 Å². The zero-order valence-electron chi connectivity index (χ0n) is 15.5. The summed E-state index contributed by atoms with van der Waals surface area (Å²) in [4.78, 5) is 36.8. The summed E-state index contributed by atoms with van der Waals surface area (Å²) in [7, 11) is 0. The van der Waals surface area contributed by atoms with E-state index < -0.39 is 0 Å². The van der Waals surface area contributed by atoms with Crippen LogP contribution in [0.1, 0.15) is 50.0 Å². The predicted octanol–water partition coefficient (Wildman–Crippen LogP) is 4.94. The van der Waals surface area contributed by atoms with Crippen LogP contribution in [0.5, 0.6) is 0 Å². The van der Waals surface area contributed by atoms with Crippen LogP contribution < -0.4 is 5.32 Å². The molecule has 0 atom stereocenters. The molecule has 1 amide bonds. The highest BCUT2D eigenvalue weighted by atomic mass is 16.2. The molecule has 28 heavy (non-hydrogen) atoms. The van der Waals surface area contributed by atoms with Crippen molar-refractivity contribution in [2.75, 3.05) is 5.32 Å². The van der Waals surface area contributed by atoms with Crippen LogP contribution in [0.25, 0.3) is 11.1 Å². The van der Waals surface area contributed by atoms with Crippen LogP contribution in [0.3, 0.4) is 0 Å². The Morgan fingerprint density at radius 3 is 2.36 bits per heavy atom. The second-order valence-electron chi connectivity index (χ2n) is 6.89. The molecule has 4 rings (SSSR count). The molecule has 0 saturated heterocycles. The highest BCUT2D eigenvalue weighted by Gasteiger charge is 2.27. The molecule has 138 valence electrons. The van der Waals surface area contributed by atoms with Crippen LogP contribution >= 0.6 is 0 Å². The topological polar surface area (TPSA) is 63.2 Å². The monoisotopic (exact) mass is 369 g/mol. The molecule has 0 aliphatic heterocycles. The van der Waals surface area contributed by atoms with Crippen LogP contribution in [0, 0.1) is 0 Å². The van der Waals surface area contributed by atoms with Gasteiger partial charge >= 0.3 is 0 Å². The highest BCUT2D eigenvalue weighted by molar-refractivity contribution is 6.12. The van der Waals surface area contributed by atoms with E-state index in [0.717, 1.165) is 16.7 Å². The van der Waals surface area contributed by atoms with Crippen LogP contribution in [-0.2, 0) is 6.42 Å². The Hall–Kier alpha value is -3.53. The van der Waals surface area contributed by atoms with Gasteiger partial charge in [-0.2, -0.15) is 0 Å². The predicted molar refractivity (Wildman–Crippen MR) is 109 cm³/mol. The quantitative estimate of drug-likeness (QED) is 0.663. The first kappa shape index (κ1) is 17.9. The summed E-state index contributed by atoms with van der Waals surface area (Å²) in [6.45, 7) is 1.54. The van der Waals surface area contributed by atoms with Crippen molar-refractivity contribution in [3.05, 3.63) is 89.0 Å². The van der Waals surface area contributed by atoms with Gasteiger partial charge in [-0.25, -0.2) is 0 Å². The van der Waals surface area contributed by atoms with Crippen molar-refractivity contribution >= 4 is 23.2 Å². The number of rotatable bonds is 4. The van der Waals surface area contributed by atoms with E-state index >= 15 is 0 Å². The molecule has 0 spiro atoms. The number of hydrogen-bond acceptors (Lipinski definition) is 3. The summed E-state index contributed by atoms with van der Waals surface area (Å²) in [5, 5.41) is 2.88. The Morgan fingerprint density at radius 1 is 0.857 bits per heavy atom.